The van der Waals surface area contributed by atoms with Crippen molar-refractivity contribution in [1.82, 2.24) is 35.0 Å². The smallest absolute Gasteiger partial charge is 0.138 e. The van der Waals surface area contributed by atoms with Crippen LogP contribution in [0.3, 0.4) is 0 Å². The summed E-state index contributed by atoms with van der Waals surface area (Å²) in [6, 6.07) is 5.44. The third-order valence-corrected chi connectivity index (χ3v) is 3.66. The van der Waals surface area contributed by atoms with Crippen molar-refractivity contribution in [2.45, 2.75) is 25.1 Å². The lowest BCUT2D eigenvalue weighted by molar-refractivity contribution is -0.0374. The van der Waals surface area contributed by atoms with E-state index in [1.54, 1.807) is 19.1 Å². The second kappa shape index (κ2) is 5.60. The van der Waals surface area contributed by atoms with Gasteiger partial charge in [-0.15, -0.1) is 5.10 Å². The first kappa shape index (κ1) is 14.3. The highest BCUT2D eigenvalue weighted by Crippen LogP contribution is 2.35. The summed E-state index contributed by atoms with van der Waals surface area (Å²) in [5, 5.41) is 26.1. The van der Waals surface area contributed by atoms with E-state index in [1.165, 1.54) is 40.5 Å². The van der Waals surface area contributed by atoms with E-state index >= 15 is 0 Å². The topological polar surface area (TPSA) is 94.5 Å². The molecule has 0 spiro atoms. The molecule has 2 unspecified atom stereocenters. The molecular weight excluding hydrogens is 289 g/mol. The molecule has 0 radical (unpaired) electrons. The number of tetrazole rings is 1. The molecule has 0 aliphatic carbocycles. The van der Waals surface area contributed by atoms with Crippen LogP contribution in [-0.4, -0.2) is 40.1 Å². The van der Waals surface area contributed by atoms with Gasteiger partial charge in [-0.25, -0.2) is 18.7 Å². The molecule has 0 aliphatic rings. The number of aromatic nitrogens is 7. The van der Waals surface area contributed by atoms with Gasteiger partial charge in [0, 0.05) is 5.56 Å². The molecule has 2 aromatic heterocycles. The van der Waals surface area contributed by atoms with Gasteiger partial charge >= 0.3 is 0 Å². The van der Waals surface area contributed by atoms with Crippen molar-refractivity contribution < 1.29 is 9.50 Å². The summed E-state index contributed by atoms with van der Waals surface area (Å²) in [7, 11) is 0. The lowest BCUT2D eigenvalue weighted by atomic mass is 9.86. The van der Waals surface area contributed by atoms with Crippen molar-refractivity contribution in [3.8, 4) is 0 Å². The average Bonchev–Trinajstić information content (AvgIpc) is 3.20. The molecule has 22 heavy (non-hydrogen) atoms. The summed E-state index contributed by atoms with van der Waals surface area (Å²) < 4.78 is 17.1. The van der Waals surface area contributed by atoms with Crippen molar-refractivity contribution in [3.63, 3.8) is 0 Å². The fourth-order valence-corrected chi connectivity index (χ4v) is 2.38. The maximum absolute atomic E-state index is 14.2. The molecular formula is C13H14FN7O. The minimum Gasteiger partial charge on any atom is -0.381 e. The zero-order chi connectivity index (χ0) is 15.6. The highest BCUT2D eigenvalue weighted by molar-refractivity contribution is 5.25. The quantitative estimate of drug-likeness (QED) is 0.740. The van der Waals surface area contributed by atoms with Gasteiger partial charge in [-0.05, 0) is 23.4 Å². The molecule has 0 bridgehead atoms. The maximum atomic E-state index is 14.2. The summed E-state index contributed by atoms with van der Waals surface area (Å²) in [5.41, 5.74) is -1.46. The van der Waals surface area contributed by atoms with E-state index in [0.717, 1.165) is 0 Å². The number of aliphatic hydroxyl groups is 1. The largest absolute Gasteiger partial charge is 0.381 e. The molecule has 0 amide bonds. The number of hydrogen-bond donors (Lipinski definition) is 1. The monoisotopic (exact) mass is 303 g/mol. The normalized spacial score (nSPS) is 15.4. The Balaban J connectivity index is 2.07. The summed E-state index contributed by atoms with van der Waals surface area (Å²) in [6.07, 6.45) is 4.18. The van der Waals surface area contributed by atoms with Crippen LogP contribution in [0.25, 0.3) is 0 Å². The van der Waals surface area contributed by atoms with Crippen molar-refractivity contribution in [3.05, 3.63) is 54.6 Å². The first-order chi connectivity index (χ1) is 10.6. The molecule has 0 saturated heterocycles. The molecule has 9 heteroatoms. The summed E-state index contributed by atoms with van der Waals surface area (Å²) in [5.74, 6) is -0.509. The second-order valence-corrected chi connectivity index (χ2v) is 4.96. The molecule has 8 nitrogen and oxygen atoms in total. The Bertz CT molecular complexity index is 731. The van der Waals surface area contributed by atoms with Gasteiger partial charge in [0.15, 0.2) is 0 Å². The Morgan fingerprint density at radius 3 is 2.77 bits per heavy atom. The van der Waals surface area contributed by atoms with Crippen LogP contribution in [0.2, 0.25) is 0 Å². The molecule has 3 rings (SSSR count). The number of hydrogen-bond acceptors (Lipinski definition) is 6. The predicted molar refractivity (Wildman–Crippen MR) is 72.8 cm³/mol. The van der Waals surface area contributed by atoms with Crippen molar-refractivity contribution in [1.29, 1.82) is 0 Å². The van der Waals surface area contributed by atoms with Crippen LogP contribution in [0, 0.1) is 5.82 Å². The van der Waals surface area contributed by atoms with Crippen LogP contribution in [-0.2, 0) is 12.1 Å². The lowest BCUT2D eigenvalue weighted by Crippen LogP contribution is -2.40. The summed E-state index contributed by atoms with van der Waals surface area (Å²) in [6.45, 7) is 1.72. The molecule has 1 N–H and O–H groups in total. The fraction of sp³-hybridized carbons (Fsp3) is 0.308. The molecule has 0 saturated carbocycles. The SMILES string of the molecule is CC(n1cnnn1)C(O)(Cn1cncn1)c1ccccc1F. The van der Waals surface area contributed by atoms with E-state index in [4.69, 9.17) is 0 Å². The minimum absolute atomic E-state index is 0.00889. The van der Waals surface area contributed by atoms with E-state index in [2.05, 4.69) is 25.6 Å². The Kier molecular flexibility index (Phi) is 3.63. The van der Waals surface area contributed by atoms with Gasteiger partial charge in [-0.3, -0.25) is 0 Å². The standard InChI is InChI=1S/C13H14FN7O/c1-10(21-9-16-18-19-21)13(22,6-20-8-15-7-17-20)11-4-2-3-5-12(11)14/h2-5,7-10,22H,6H2,1H3. The van der Waals surface area contributed by atoms with E-state index in [-0.39, 0.29) is 12.1 Å². The van der Waals surface area contributed by atoms with Gasteiger partial charge in [-0.1, -0.05) is 18.2 Å². The van der Waals surface area contributed by atoms with Crippen molar-refractivity contribution in [2.24, 2.45) is 0 Å². The third kappa shape index (κ3) is 2.46. The zero-order valence-electron chi connectivity index (χ0n) is 11.8. The lowest BCUT2D eigenvalue weighted by Gasteiger charge is -2.34. The molecule has 0 fully saturated rings. The highest BCUT2D eigenvalue weighted by atomic mass is 19.1. The Hall–Kier alpha value is -2.68. The van der Waals surface area contributed by atoms with E-state index in [0.29, 0.717) is 0 Å². The minimum atomic E-state index is -1.60. The molecule has 3 aromatic rings. The highest BCUT2D eigenvalue weighted by Gasteiger charge is 2.40. The fourth-order valence-electron chi connectivity index (χ4n) is 2.38. The molecule has 0 aliphatic heterocycles. The average molecular weight is 303 g/mol. The van der Waals surface area contributed by atoms with Crippen LogP contribution >= 0.6 is 0 Å². The molecule has 1 aromatic carbocycles. The number of rotatable bonds is 5. The van der Waals surface area contributed by atoms with Crippen molar-refractivity contribution in [2.75, 3.05) is 0 Å². The van der Waals surface area contributed by atoms with Gasteiger partial charge in [0.1, 0.15) is 30.4 Å². The van der Waals surface area contributed by atoms with Crippen LogP contribution in [0.1, 0.15) is 18.5 Å². The van der Waals surface area contributed by atoms with Gasteiger partial charge in [0.2, 0.25) is 0 Å². The first-order valence-electron chi connectivity index (χ1n) is 6.63. The van der Waals surface area contributed by atoms with Crippen LogP contribution in [0.5, 0.6) is 0 Å². The Morgan fingerprint density at radius 2 is 2.14 bits per heavy atom. The van der Waals surface area contributed by atoms with Gasteiger partial charge in [0.25, 0.3) is 0 Å². The summed E-state index contributed by atoms with van der Waals surface area (Å²) in [4.78, 5) is 3.84. The maximum Gasteiger partial charge on any atom is 0.138 e. The number of nitrogens with zero attached hydrogens (tertiary/aromatic N) is 7. The predicted octanol–water partition coefficient (Wildman–Crippen LogP) is 0.553. The molecule has 2 atom stereocenters. The van der Waals surface area contributed by atoms with Gasteiger partial charge in [-0.2, -0.15) is 5.10 Å². The van der Waals surface area contributed by atoms with E-state index < -0.39 is 17.5 Å². The molecule has 2 heterocycles. The summed E-state index contributed by atoms with van der Waals surface area (Å²) >= 11 is 0. The third-order valence-electron chi connectivity index (χ3n) is 3.66. The second-order valence-electron chi connectivity index (χ2n) is 4.96. The Labute approximate surface area is 125 Å². The van der Waals surface area contributed by atoms with Crippen molar-refractivity contribution >= 4 is 0 Å². The van der Waals surface area contributed by atoms with Crippen LogP contribution in [0.15, 0.2) is 43.2 Å². The van der Waals surface area contributed by atoms with Crippen LogP contribution < -0.4 is 0 Å². The first-order valence-corrected chi connectivity index (χ1v) is 6.63. The van der Waals surface area contributed by atoms with Crippen LogP contribution in [0.4, 0.5) is 4.39 Å². The van der Waals surface area contributed by atoms with Gasteiger partial charge in [0.05, 0.1) is 12.6 Å². The molecule has 114 valence electrons. The number of halogens is 1. The Morgan fingerprint density at radius 1 is 1.32 bits per heavy atom. The zero-order valence-corrected chi connectivity index (χ0v) is 11.8. The van der Waals surface area contributed by atoms with Gasteiger partial charge < -0.3 is 5.11 Å². The number of benzene rings is 1. The van der Waals surface area contributed by atoms with E-state index in [9.17, 15) is 9.50 Å². The van der Waals surface area contributed by atoms with E-state index in [1.807, 2.05) is 0 Å².